The van der Waals surface area contributed by atoms with Crippen molar-refractivity contribution in [2.75, 3.05) is 19.6 Å². The highest BCUT2D eigenvalue weighted by molar-refractivity contribution is 5.99. The van der Waals surface area contributed by atoms with Gasteiger partial charge in [0.05, 0.1) is 0 Å². The summed E-state index contributed by atoms with van der Waals surface area (Å²) in [5.41, 5.74) is -0.233. The fourth-order valence-corrected chi connectivity index (χ4v) is 3.38. The molecule has 0 N–H and O–H groups in total. The number of rotatable bonds is 4. The highest BCUT2D eigenvalue weighted by Crippen LogP contribution is 2.22. The summed E-state index contributed by atoms with van der Waals surface area (Å²) in [6.45, 7) is 5.52. The lowest BCUT2D eigenvalue weighted by Crippen LogP contribution is -2.48. The van der Waals surface area contributed by atoms with Crippen molar-refractivity contribution < 1.29 is 14.0 Å². The second-order valence-corrected chi connectivity index (χ2v) is 6.15. The van der Waals surface area contributed by atoms with E-state index in [1.54, 1.807) is 29.2 Å². The van der Waals surface area contributed by atoms with Crippen LogP contribution in [0.2, 0.25) is 0 Å². The zero-order chi connectivity index (χ0) is 18.0. The van der Waals surface area contributed by atoms with Crippen molar-refractivity contribution in [3.8, 4) is 0 Å². The van der Waals surface area contributed by atoms with Gasteiger partial charge in [-0.1, -0.05) is 18.2 Å². The Balaban J connectivity index is 1.93. The molecule has 0 radical (unpaired) electrons. The lowest BCUT2D eigenvalue weighted by Gasteiger charge is -2.28. The maximum Gasteiger partial charge on any atom is 0.349 e. The number of likely N-dealkylation sites (N-methyl/N-ethyl adjacent to an activating group) is 1. The van der Waals surface area contributed by atoms with Gasteiger partial charge in [-0.3, -0.25) is 9.59 Å². The first kappa shape index (κ1) is 17.2. The van der Waals surface area contributed by atoms with E-state index >= 15 is 0 Å². The molecule has 0 saturated carbocycles. The van der Waals surface area contributed by atoms with Gasteiger partial charge in [0, 0.05) is 25.0 Å². The summed E-state index contributed by atoms with van der Waals surface area (Å²) in [4.78, 5) is 41.1. The highest BCUT2D eigenvalue weighted by atomic mass is 16.4. The van der Waals surface area contributed by atoms with Crippen LogP contribution in [0.25, 0.3) is 11.0 Å². The molecule has 0 aliphatic carbocycles. The third kappa shape index (κ3) is 3.16. The molecule has 3 rings (SSSR count). The topological polar surface area (TPSA) is 70.8 Å². The first-order valence-electron chi connectivity index (χ1n) is 8.69. The maximum absolute atomic E-state index is 12.9. The van der Waals surface area contributed by atoms with Gasteiger partial charge in [-0.05, 0) is 38.8 Å². The summed E-state index contributed by atoms with van der Waals surface area (Å²) in [5.74, 6) is -0.483. The van der Waals surface area contributed by atoms with Crippen LogP contribution in [0.3, 0.4) is 0 Å². The molecule has 6 nitrogen and oxygen atoms in total. The summed E-state index contributed by atoms with van der Waals surface area (Å²) in [6.07, 6.45) is 1.38. The third-order valence-corrected chi connectivity index (χ3v) is 4.75. The minimum Gasteiger partial charge on any atom is -0.422 e. The largest absolute Gasteiger partial charge is 0.422 e. The minimum atomic E-state index is -0.662. The molecule has 2 aromatic rings. The molecule has 6 heteroatoms. The standard InChI is InChI=1S/C19H22N2O4/c1-3-20(4-2)18(23)15-9-7-11-21(15)17(22)14-12-13-8-5-6-10-16(13)25-19(14)24/h5-6,8,10,12,15H,3-4,7,9,11H2,1-2H3/t15-/m1/s1. The van der Waals surface area contributed by atoms with Gasteiger partial charge in [-0.25, -0.2) is 4.79 Å². The smallest absolute Gasteiger partial charge is 0.349 e. The number of carbonyl (C=O) groups excluding carboxylic acids is 2. The van der Waals surface area contributed by atoms with E-state index in [9.17, 15) is 14.4 Å². The van der Waals surface area contributed by atoms with Crippen LogP contribution in [-0.2, 0) is 4.79 Å². The molecule has 0 unspecified atom stereocenters. The van der Waals surface area contributed by atoms with Gasteiger partial charge in [0.15, 0.2) is 0 Å². The molecule has 2 amide bonds. The van der Waals surface area contributed by atoms with Crippen LogP contribution in [0, 0.1) is 0 Å². The Kier molecular flexibility index (Phi) is 4.88. The van der Waals surface area contributed by atoms with Crippen molar-refractivity contribution in [2.45, 2.75) is 32.7 Å². The monoisotopic (exact) mass is 342 g/mol. The molecular formula is C19H22N2O4. The normalized spacial score (nSPS) is 17.0. The lowest BCUT2D eigenvalue weighted by molar-refractivity contribution is -0.134. The molecule has 0 bridgehead atoms. The van der Waals surface area contributed by atoms with Crippen LogP contribution < -0.4 is 5.63 Å². The van der Waals surface area contributed by atoms with Crippen LogP contribution >= 0.6 is 0 Å². The number of carbonyl (C=O) groups is 2. The number of benzene rings is 1. The minimum absolute atomic E-state index is 0.0158. The number of hydrogen-bond acceptors (Lipinski definition) is 4. The van der Waals surface area contributed by atoms with E-state index in [-0.39, 0.29) is 11.5 Å². The molecule has 1 aliphatic heterocycles. The van der Waals surface area contributed by atoms with Crippen molar-refractivity contribution >= 4 is 22.8 Å². The highest BCUT2D eigenvalue weighted by Gasteiger charge is 2.37. The van der Waals surface area contributed by atoms with Gasteiger partial charge >= 0.3 is 5.63 Å². The molecule has 2 heterocycles. The Labute approximate surface area is 146 Å². The Bertz CT molecular complexity index is 854. The zero-order valence-corrected chi connectivity index (χ0v) is 14.5. The SMILES string of the molecule is CCN(CC)C(=O)[C@H]1CCCN1C(=O)c1cc2ccccc2oc1=O. The van der Waals surface area contributed by atoms with Gasteiger partial charge in [0.2, 0.25) is 5.91 Å². The average molecular weight is 342 g/mol. The number of nitrogens with zero attached hydrogens (tertiary/aromatic N) is 2. The number of amides is 2. The summed E-state index contributed by atoms with van der Waals surface area (Å²) in [6, 6.07) is 8.12. The molecule has 1 atom stereocenters. The fourth-order valence-electron chi connectivity index (χ4n) is 3.38. The van der Waals surface area contributed by atoms with E-state index in [1.807, 2.05) is 19.9 Å². The molecule has 132 valence electrons. The Morgan fingerprint density at radius 1 is 1.24 bits per heavy atom. The lowest BCUT2D eigenvalue weighted by atomic mass is 10.1. The van der Waals surface area contributed by atoms with Crippen molar-refractivity contribution in [1.82, 2.24) is 9.80 Å². The predicted molar refractivity (Wildman–Crippen MR) is 94.5 cm³/mol. The average Bonchev–Trinajstić information content (AvgIpc) is 3.11. The van der Waals surface area contributed by atoms with Crippen molar-refractivity contribution in [2.24, 2.45) is 0 Å². The number of fused-ring (bicyclic) bond motifs is 1. The Morgan fingerprint density at radius 3 is 2.68 bits per heavy atom. The van der Waals surface area contributed by atoms with Crippen LogP contribution in [-0.4, -0.2) is 47.3 Å². The van der Waals surface area contributed by atoms with Gasteiger partial charge in [0.1, 0.15) is 17.2 Å². The molecule has 25 heavy (non-hydrogen) atoms. The molecule has 1 aliphatic rings. The predicted octanol–water partition coefficient (Wildman–Crippen LogP) is 2.27. The van der Waals surface area contributed by atoms with Crippen LogP contribution in [0.1, 0.15) is 37.0 Å². The molecule has 1 aromatic heterocycles. The summed E-state index contributed by atoms with van der Waals surface area (Å²) in [7, 11) is 0. The van der Waals surface area contributed by atoms with Gasteiger partial charge in [-0.15, -0.1) is 0 Å². The van der Waals surface area contributed by atoms with E-state index in [2.05, 4.69) is 0 Å². The first-order valence-corrected chi connectivity index (χ1v) is 8.69. The van der Waals surface area contributed by atoms with E-state index in [0.29, 0.717) is 37.0 Å². The molecule has 1 aromatic carbocycles. The van der Waals surface area contributed by atoms with Crippen LogP contribution in [0.5, 0.6) is 0 Å². The molecule has 0 spiro atoms. The second kappa shape index (κ2) is 7.09. The van der Waals surface area contributed by atoms with Crippen LogP contribution in [0.4, 0.5) is 0 Å². The van der Waals surface area contributed by atoms with Crippen molar-refractivity contribution in [3.05, 3.63) is 46.3 Å². The molecular weight excluding hydrogens is 320 g/mol. The summed E-state index contributed by atoms with van der Waals surface area (Å²) >= 11 is 0. The van der Waals surface area contributed by atoms with E-state index in [4.69, 9.17) is 4.42 Å². The van der Waals surface area contributed by atoms with Crippen LogP contribution in [0.15, 0.2) is 39.5 Å². The summed E-state index contributed by atoms with van der Waals surface area (Å²) < 4.78 is 5.26. The fraction of sp³-hybridized carbons (Fsp3) is 0.421. The van der Waals surface area contributed by atoms with E-state index < -0.39 is 17.6 Å². The van der Waals surface area contributed by atoms with Crippen molar-refractivity contribution in [3.63, 3.8) is 0 Å². The van der Waals surface area contributed by atoms with Gasteiger partial charge < -0.3 is 14.2 Å². The molecule has 1 fully saturated rings. The summed E-state index contributed by atoms with van der Waals surface area (Å²) in [5, 5.41) is 0.691. The first-order chi connectivity index (χ1) is 12.1. The maximum atomic E-state index is 12.9. The number of likely N-dealkylation sites (tertiary alicyclic amines) is 1. The Morgan fingerprint density at radius 2 is 1.96 bits per heavy atom. The van der Waals surface area contributed by atoms with Gasteiger partial charge in [-0.2, -0.15) is 0 Å². The van der Waals surface area contributed by atoms with Gasteiger partial charge in [0.25, 0.3) is 5.91 Å². The molecule has 1 saturated heterocycles. The Hall–Kier alpha value is -2.63. The van der Waals surface area contributed by atoms with E-state index in [1.165, 1.54) is 4.90 Å². The quantitative estimate of drug-likeness (QED) is 0.799. The second-order valence-electron chi connectivity index (χ2n) is 6.15. The van der Waals surface area contributed by atoms with Crippen molar-refractivity contribution in [1.29, 1.82) is 0 Å². The third-order valence-electron chi connectivity index (χ3n) is 4.75. The number of hydrogen-bond donors (Lipinski definition) is 0. The van der Waals surface area contributed by atoms with E-state index in [0.717, 1.165) is 6.42 Å². The number of para-hydroxylation sites is 1. The zero-order valence-electron chi connectivity index (χ0n) is 14.5.